The van der Waals surface area contributed by atoms with Gasteiger partial charge in [0.1, 0.15) is 5.84 Å². The summed E-state index contributed by atoms with van der Waals surface area (Å²) in [5.41, 5.74) is 6.53. The van der Waals surface area contributed by atoms with Crippen LogP contribution < -0.4 is 5.73 Å². The highest BCUT2D eigenvalue weighted by molar-refractivity contribution is 5.85. The fraction of sp³-hybridized carbons (Fsp3) is 0.727. The molecule has 0 atom stereocenters. The van der Waals surface area contributed by atoms with Crippen LogP contribution in [0.25, 0.3) is 0 Å². The Kier molecular flexibility index (Phi) is 3.51. The van der Waals surface area contributed by atoms with Crippen LogP contribution in [-0.2, 0) is 13.6 Å². The minimum atomic E-state index is -0.187. The number of aromatic nitrogens is 3. The third kappa shape index (κ3) is 2.61. The summed E-state index contributed by atoms with van der Waals surface area (Å²) < 4.78 is 1.71. The average Bonchev–Trinajstić information content (AvgIpc) is 2.77. The minimum absolute atomic E-state index is 0.187. The molecule has 7 nitrogen and oxygen atoms in total. The van der Waals surface area contributed by atoms with Crippen molar-refractivity contribution in [1.82, 2.24) is 19.9 Å². The number of oxime groups is 1. The van der Waals surface area contributed by atoms with E-state index >= 15 is 0 Å². The van der Waals surface area contributed by atoms with E-state index in [9.17, 15) is 0 Å². The van der Waals surface area contributed by atoms with Crippen LogP contribution in [0.1, 0.15) is 25.5 Å². The molecular weight excluding hydrogens is 232 g/mol. The second kappa shape index (κ2) is 4.93. The summed E-state index contributed by atoms with van der Waals surface area (Å²) in [7, 11) is 1.86. The molecule has 0 amide bonds. The van der Waals surface area contributed by atoms with E-state index in [0.717, 1.165) is 38.2 Å². The summed E-state index contributed by atoms with van der Waals surface area (Å²) in [6.07, 6.45) is 3.71. The van der Waals surface area contributed by atoms with Crippen molar-refractivity contribution in [2.45, 2.75) is 26.3 Å². The van der Waals surface area contributed by atoms with E-state index in [0.29, 0.717) is 5.84 Å². The van der Waals surface area contributed by atoms with Crippen LogP contribution in [0.15, 0.2) is 11.4 Å². The molecule has 1 aliphatic heterocycles. The fourth-order valence-corrected chi connectivity index (χ4v) is 2.28. The standard InChI is InChI=1S/C11H20N6O/c1-11(10(12)14-18)3-5-17(6-4-11)8-9-7-16(2)15-13-9/h7,18H,3-6,8H2,1-2H3,(H2,12,14). The van der Waals surface area contributed by atoms with Crippen molar-refractivity contribution in [1.29, 1.82) is 0 Å². The lowest BCUT2D eigenvalue weighted by Gasteiger charge is -2.38. The number of hydrogen-bond donors (Lipinski definition) is 2. The summed E-state index contributed by atoms with van der Waals surface area (Å²) in [6, 6.07) is 0. The van der Waals surface area contributed by atoms with Crippen molar-refractivity contribution >= 4 is 5.84 Å². The molecule has 18 heavy (non-hydrogen) atoms. The highest BCUT2D eigenvalue weighted by Gasteiger charge is 2.34. The van der Waals surface area contributed by atoms with Crippen molar-refractivity contribution in [3.8, 4) is 0 Å². The normalized spacial score (nSPS) is 21.1. The van der Waals surface area contributed by atoms with Gasteiger partial charge in [-0.1, -0.05) is 17.3 Å². The first-order valence-electron chi connectivity index (χ1n) is 6.09. The lowest BCUT2D eigenvalue weighted by atomic mass is 9.79. The third-order valence-electron chi connectivity index (χ3n) is 3.72. The topological polar surface area (TPSA) is 92.6 Å². The second-order valence-electron chi connectivity index (χ2n) is 5.21. The molecule has 0 bridgehead atoms. The quantitative estimate of drug-likeness (QED) is 0.346. The molecular formula is C11H20N6O. The lowest BCUT2D eigenvalue weighted by Crippen LogP contribution is -2.45. The van der Waals surface area contributed by atoms with Gasteiger partial charge in [0.25, 0.3) is 0 Å². The first-order chi connectivity index (χ1) is 8.53. The predicted molar refractivity (Wildman–Crippen MR) is 67.0 cm³/mol. The van der Waals surface area contributed by atoms with E-state index in [1.807, 2.05) is 20.2 Å². The predicted octanol–water partition coefficient (Wildman–Crippen LogP) is 0.164. The molecule has 0 aromatic carbocycles. The molecule has 1 saturated heterocycles. The van der Waals surface area contributed by atoms with Gasteiger partial charge in [0.05, 0.1) is 5.69 Å². The Morgan fingerprint density at radius 3 is 2.72 bits per heavy atom. The third-order valence-corrected chi connectivity index (χ3v) is 3.72. The maximum absolute atomic E-state index is 8.78. The van der Waals surface area contributed by atoms with E-state index in [1.54, 1.807) is 4.68 Å². The number of rotatable bonds is 3. The van der Waals surface area contributed by atoms with Crippen molar-refractivity contribution < 1.29 is 5.21 Å². The molecule has 0 spiro atoms. The van der Waals surface area contributed by atoms with Gasteiger partial charge >= 0.3 is 0 Å². The van der Waals surface area contributed by atoms with Gasteiger partial charge in [-0.25, -0.2) is 0 Å². The Hall–Kier alpha value is -1.63. The summed E-state index contributed by atoms with van der Waals surface area (Å²) in [4.78, 5) is 2.32. The maximum atomic E-state index is 8.78. The molecule has 1 aromatic heterocycles. The number of aryl methyl sites for hydroxylation is 1. The van der Waals surface area contributed by atoms with Crippen LogP contribution in [-0.4, -0.2) is 44.0 Å². The first kappa shape index (κ1) is 12.8. The molecule has 0 aliphatic carbocycles. The molecule has 2 rings (SSSR count). The lowest BCUT2D eigenvalue weighted by molar-refractivity contribution is 0.151. The number of hydrogen-bond acceptors (Lipinski definition) is 5. The highest BCUT2D eigenvalue weighted by Crippen LogP contribution is 2.31. The van der Waals surface area contributed by atoms with Crippen LogP contribution in [0.3, 0.4) is 0 Å². The van der Waals surface area contributed by atoms with Crippen LogP contribution >= 0.6 is 0 Å². The van der Waals surface area contributed by atoms with Crippen molar-refractivity contribution in [3.63, 3.8) is 0 Å². The van der Waals surface area contributed by atoms with E-state index in [-0.39, 0.29) is 5.41 Å². The van der Waals surface area contributed by atoms with Crippen molar-refractivity contribution in [3.05, 3.63) is 11.9 Å². The van der Waals surface area contributed by atoms with Gasteiger partial charge in [0.2, 0.25) is 0 Å². The summed E-state index contributed by atoms with van der Waals surface area (Å²) in [5, 5.41) is 19.9. The number of amidine groups is 1. The van der Waals surface area contributed by atoms with Gasteiger partial charge in [0, 0.05) is 25.2 Å². The van der Waals surface area contributed by atoms with Crippen molar-refractivity contribution in [2.24, 2.45) is 23.4 Å². The van der Waals surface area contributed by atoms with Gasteiger partial charge < -0.3 is 10.9 Å². The Bertz CT molecular complexity index is 432. The Balaban J connectivity index is 1.91. The number of nitrogens with zero attached hydrogens (tertiary/aromatic N) is 5. The Morgan fingerprint density at radius 2 is 2.22 bits per heavy atom. The molecule has 1 aromatic rings. The summed E-state index contributed by atoms with van der Waals surface area (Å²) >= 11 is 0. The largest absolute Gasteiger partial charge is 0.409 e. The summed E-state index contributed by atoms with van der Waals surface area (Å²) in [6.45, 7) is 4.69. The van der Waals surface area contributed by atoms with E-state index < -0.39 is 0 Å². The molecule has 100 valence electrons. The number of nitrogens with two attached hydrogens (primary N) is 1. The van der Waals surface area contributed by atoms with E-state index in [4.69, 9.17) is 10.9 Å². The Labute approximate surface area is 106 Å². The smallest absolute Gasteiger partial charge is 0.145 e. The van der Waals surface area contributed by atoms with Crippen LogP contribution in [0.2, 0.25) is 0 Å². The summed E-state index contributed by atoms with van der Waals surface area (Å²) in [5.74, 6) is 0.335. The molecule has 0 saturated carbocycles. The number of piperidine rings is 1. The fourth-order valence-electron chi connectivity index (χ4n) is 2.28. The minimum Gasteiger partial charge on any atom is -0.409 e. The first-order valence-corrected chi connectivity index (χ1v) is 6.09. The van der Waals surface area contributed by atoms with Crippen molar-refractivity contribution in [2.75, 3.05) is 13.1 Å². The van der Waals surface area contributed by atoms with Crippen LogP contribution in [0.4, 0.5) is 0 Å². The highest BCUT2D eigenvalue weighted by atomic mass is 16.4. The molecule has 7 heteroatoms. The SMILES string of the molecule is Cn1cc(CN2CCC(C)(/C(N)=N/O)CC2)nn1. The van der Waals surface area contributed by atoms with E-state index in [2.05, 4.69) is 20.4 Å². The molecule has 0 unspecified atom stereocenters. The van der Waals surface area contributed by atoms with Crippen LogP contribution in [0.5, 0.6) is 0 Å². The zero-order valence-electron chi connectivity index (χ0n) is 10.9. The zero-order chi connectivity index (χ0) is 13.2. The molecule has 1 fully saturated rings. The second-order valence-corrected chi connectivity index (χ2v) is 5.21. The van der Waals surface area contributed by atoms with Gasteiger partial charge in [-0.3, -0.25) is 9.58 Å². The van der Waals surface area contributed by atoms with Gasteiger partial charge in [-0.2, -0.15) is 0 Å². The average molecular weight is 252 g/mol. The van der Waals surface area contributed by atoms with Gasteiger partial charge in [-0.05, 0) is 25.9 Å². The molecule has 0 radical (unpaired) electrons. The zero-order valence-corrected chi connectivity index (χ0v) is 10.9. The monoisotopic (exact) mass is 252 g/mol. The Morgan fingerprint density at radius 1 is 1.56 bits per heavy atom. The van der Waals surface area contributed by atoms with Gasteiger partial charge in [0.15, 0.2) is 0 Å². The molecule has 3 N–H and O–H groups in total. The number of likely N-dealkylation sites (tertiary alicyclic amines) is 1. The molecule has 2 heterocycles. The molecule has 1 aliphatic rings. The van der Waals surface area contributed by atoms with E-state index in [1.165, 1.54) is 0 Å². The van der Waals surface area contributed by atoms with Crippen LogP contribution in [0, 0.1) is 5.41 Å². The van der Waals surface area contributed by atoms with Gasteiger partial charge in [-0.15, -0.1) is 5.10 Å². The maximum Gasteiger partial charge on any atom is 0.145 e.